The standard InChI is InChI=1S/C13H18N2O4/c1-4-6-13(3)10(17)8(2)19-11(13)15-7-5-9(16)14-12(15)18/h5,7,10-11,17H,2,4,6H2,1,3H3,(H,14,16,18)/t10-,11-,13+/m1/s1. The molecule has 1 aromatic heterocycles. The lowest BCUT2D eigenvalue weighted by atomic mass is 9.79. The zero-order chi connectivity index (χ0) is 14.2. The quantitative estimate of drug-likeness (QED) is 0.845. The normalized spacial score (nSPS) is 30.4. The average molecular weight is 266 g/mol. The predicted molar refractivity (Wildman–Crippen MR) is 69.6 cm³/mol. The molecule has 1 aromatic rings. The Bertz CT molecular complexity index is 603. The number of nitrogens with one attached hydrogen (secondary N) is 1. The average Bonchev–Trinajstić information content (AvgIpc) is 2.55. The molecule has 1 aliphatic rings. The molecule has 1 fully saturated rings. The first-order valence-corrected chi connectivity index (χ1v) is 6.25. The highest BCUT2D eigenvalue weighted by atomic mass is 16.5. The van der Waals surface area contributed by atoms with Crippen molar-refractivity contribution >= 4 is 0 Å². The fourth-order valence-electron chi connectivity index (χ4n) is 2.63. The molecule has 2 rings (SSSR count). The highest BCUT2D eigenvalue weighted by molar-refractivity contribution is 5.10. The van der Waals surface area contributed by atoms with Crippen LogP contribution in [0.25, 0.3) is 0 Å². The van der Waals surface area contributed by atoms with Gasteiger partial charge in [0.2, 0.25) is 0 Å². The number of rotatable bonds is 3. The highest BCUT2D eigenvalue weighted by Gasteiger charge is 2.51. The zero-order valence-electron chi connectivity index (χ0n) is 11.0. The Balaban J connectivity index is 2.51. The first-order valence-electron chi connectivity index (χ1n) is 6.25. The molecule has 0 spiro atoms. The zero-order valence-corrected chi connectivity index (χ0v) is 11.0. The molecule has 0 aliphatic carbocycles. The lowest BCUT2D eigenvalue weighted by molar-refractivity contribution is -0.0146. The summed E-state index contributed by atoms with van der Waals surface area (Å²) < 4.78 is 6.84. The largest absolute Gasteiger partial charge is 0.472 e. The van der Waals surface area contributed by atoms with Crippen LogP contribution >= 0.6 is 0 Å². The van der Waals surface area contributed by atoms with Gasteiger partial charge < -0.3 is 9.84 Å². The second kappa shape index (κ2) is 4.70. The molecule has 6 heteroatoms. The molecule has 3 atom stereocenters. The number of aliphatic hydroxyl groups is 1. The van der Waals surface area contributed by atoms with E-state index in [2.05, 4.69) is 11.6 Å². The van der Waals surface area contributed by atoms with E-state index in [1.807, 2.05) is 13.8 Å². The number of hydrogen-bond acceptors (Lipinski definition) is 4. The van der Waals surface area contributed by atoms with Crippen LogP contribution in [0.15, 0.2) is 34.2 Å². The maximum absolute atomic E-state index is 11.8. The van der Waals surface area contributed by atoms with E-state index in [1.165, 1.54) is 16.8 Å². The van der Waals surface area contributed by atoms with Gasteiger partial charge in [-0.2, -0.15) is 0 Å². The molecule has 2 N–H and O–H groups in total. The van der Waals surface area contributed by atoms with Crippen LogP contribution in [-0.4, -0.2) is 20.8 Å². The molecule has 104 valence electrons. The van der Waals surface area contributed by atoms with Gasteiger partial charge in [-0.1, -0.05) is 26.8 Å². The summed E-state index contributed by atoms with van der Waals surface area (Å²) in [5, 5.41) is 10.2. The van der Waals surface area contributed by atoms with Gasteiger partial charge in [-0.25, -0.2) is 4.79 Å². The second-order valence-corrected chi connectivity index (χ2v) is 5.11. The molecule has 0 unspecified atom stereocenters. The Morgan fingerprint density at radius 3 is 2.84 bits per heavy atom. The maximum atomic E-state index is 11.8. The van der Waals surface area contributed by atoms with E-state index in [0.717, 1.165) is 6.42 Å². The van der Waals surface area contributed by atoms with Gasteiger partial charge in [0, 0.05) is 12.3 Å². The maximum Gasteiger partial charge on any atom is 0.331 e. The van der Waals surface area contributed by atoms with Crippen LogP contribution in [0.4, 0.5) is 0 Å². The van der Waals surface area contributed by atoms with E-state index in [-0.39, 0.29) is 5.76 Å². The summed E-state index contributed by atoms with van der Waals surface area (Å²) in [6.45, 7) is 7.52. The van der Waals surface area contributed by atoms with Crippen molar-refractivity contribution in [1.82, 2.24) is 9.55 Å². The van der Waals surface area contributed by atoms with E-state index >= 15 is 0 Å². The molecule has 1 aliphatic heterocycles. The van der Waals surface area contributed by atoms with Crippen LogP contribution in [0.2, 0.25) is 0 Å². The van der Waals surface area contributed by atoms with Crippen LogP contribution in [0.3, 0.4) is 0 Å². The number of hydrogen-bond donors (Lipinski definition) is 2. The first-order chi connectivity index (χ1) is 8.90. The summed E-state index contributed by atoms with van der Waals surface area (Å²) in [4.78, 5) is 25.1. The minimum absolute atomic E-state index is 0.249. The molecule has 0 amide bonds. The van der Waals surface area contributed by atoms with E-state index < -0.39 is 29.0 Å². The van der Waals surface area contributed by atoms with Crippen LogP contribution in [0, 0.1) is 5.41 Å². The third-order valence-corrected chi connectivity index (χ3v) is 3.65. The summed E-state index contributed by atoms with van der Waals surface area (Å²) in [6.07, 6.45) is 1.38. The summed E-state index contributed by atoms with van der Waals surface area (Å²) >= 11 is 0. The van der Waals surface area contributed by atoms with Crippen molar-refractivity contribution in [3.63, 3.8) is 0 Å². The van der Waals surface area contributed by atoms with Crippen LogP contribution in [0.5, 0.6) is 0 Å². The molecular formula is C13H18N2O4. The Hall–Kier alpha value is -1.82. The van der Waals surface area contributed by atoms with Gasteiger partial charge in [-0.05, 0) is 6.42 Å². The van der Waals surface area contributed by atoms with Gasteiger partial charge in [0.25, 0.3) is 5.56 Å². The van der Waals surface area contributed by atoms with Crippen LogP contribution in [-0.2, 0) is 4.74 Å². The number of H-pyrrole nitrogens is 1. The molecule has 6 nitrogen and oxygen atoms in total. The van der Waals surface area contributed by atoms with E-state index in [9.17, 15) is 14.7 Å². The Morgan fingerprint density at radius 2 is 2.26 bits per heavy atom. The summed E-state index contributed by atoms with van der Waals surface area (Å²) in [5.41, 5.74) is -1.66. The minimum Gasteiger partial charge on any atom is -0.472 e. The number of ether oxygens (including phenoxy) is 1. The van der Waals surface area contributed by atoms with Crippen molar-refractivity contribution in [3.05, 3.63) is 45.4 Å². The second-order valence-electron chi connectivity index (χ2n) is 5.11. The summed E-state index contributed by atoms with van der Waals surface area (Å²) in [7, 11) is 0. The molecule has 0 saturated carbocycles. The monoisotopic (exact) mass is 266 g/mol. The minimum atomic E-state index is -0.837. The van der Waals surface area contributed by atoms with Gasteiger partial charge in [-0.15, -0.1) is 0 Å². The van der Waals surface area contributed by atoms with Crippen molar-refractivity contribution in [1.29, 1.82) is 0 Å². The molecule has 1 saturated heterocycles. The lowest BCUT2D eigenvalue weighted by Gasteiger charge is -2.31. The van der Waals surface area contributed by atoms with Gasteiger partial charge in [0.05, 0.1) is 5.41 Å². The van der Waals surface area contributed by atoms with Crippen molar-refractivity contribution in [2.24, 2.45) is 5.41 Å². The third kappa shape index (κ3) is 2.12. The van der Waals surface area contributed by atoms with Gasteiger partial charge >= 0.3 is 5.69 Å². The lowest BCUT2D eigenvalue weighted by Crippen LogP contribution is -2.40. The van der Waals surface area contributed by atoms with Crippen molar-refractivity contribution < 1.29 is 9.84 Å². The molecular weight excluding hydrogens is 248 g/mol. The number of aromatic nitrogens is 2. The van der Waals surface area contributed by atoms with E-state index in [1.54, 1.807) is 0 Å². The van der Waals surface area contributed by atoms with Crippen molar-refractivity contribution in [3.8, 4) is 0 Å². The predicted octanol–water partition coefficient (Wildman–Crippen LogP) is 0.746. The van der Waals surface area contributed by atoms with E-state index in [4.69, 9.17) is 4.74 Å². The Kier molecular flexibility index (Phi) is 3.36. The molecule has 0 radical (unpaired) electrons. The first kappa shape index (κ1) is 13.6. The topological polar surface area (TPSA) is 84.3 Å². The van der Waals surface area contributed by atoms with Crippen molar-refractivity contribution in [2.45, 2.75) is 39.0 Å². The van der Waals surface area contributed by atoms with Crippen LogP contribution < -0.4 is 11.2 Å². The summed E-state index contributed by atoms with van der Waals surface area (Å²) in [5.74, 6) is 0.249. The van der Waals surface area contributed by atoms with Crippen molar-refractivity contribution in [2.75, 3.05) is 0 Å². The number of aromatic amines is 1. The van der Waals surface area contributed by atoms with Gasteiger partial charge in [0.1, 0.15) is 11.9 Å². The van der Waals surface area contributed by atoms with Gasteiger partial charge in [0.15, 0.2) is 6.23 Å². The fourth-order valence-corrected chi connectivity index (χ4v) is 2.63. The number of aliphatic hydroxyl groups excluding tert-OH is 1. The summed E-state index contributed by atoms with van der Waals surface area (Å²) in [6, 6.07) is 1.25. The fraction of sp³-hybridized carbons (Fsp3) is 0.538. The molecule has 0 bridgehead atoms. The number of nitrogens with zero attached hydrogens (tertiary/aromatic N) is 1. The highest BCUT2D eigenvalue weighted by Crippen LogP contribution is 2.48. The van der Waals surface area contributed by atoms with Crippen LogP contribution in [0.1, 0.15) is 32.9 Å². The van der Waals surface area contributed by atoms with E-state index in [0.29, 0.717) is 6.42 Å². The smallest absolute Gasteiger partial charge is 0.331 e. The molecule has 19 heavy (non-hydrogen) atoms. The molecule has 2 heterocycles. The Labute approximate surface area is 110 Å². The molecule has 0 aromatic carbocycles. The SMILES string of the molecule is C=C1O[C@@H](n2ccc(=O)[nH]c2=O)[C@@](C)(CCC)[C@@H]1O. The third-order valence-electron chi connectivity index (χ3n) is 3.65. The Morgan fingerprint density at radius 1 is 1.58 bits per heavy atom. The van der Waals surface area contributed by atoms with Gasteiger partial charge in [-0.3, -0.25) is 14.3 Å².